The van der Waals surface area contributed by atoms with Gasteiger partial charge in [-0.25, -0.2) is 0 Å². The summed E-state index contributed by atoms with van der Waals surface area (Å²) in [4.78, 5) is 39.0. The molecule has 0 radical (unpaired) electrons. The number of anilines is 2. The summed E-state index contributed by atoms with van der Waals surface area (Å²) in [5.41, 5.74) is 0.462. The van der Waals surface area contributed by atoms with Crippen LogP contribution < -0.4 is 20.7 Å². The lowest BCUT2D eigenvalue weighted by Crippen LogP contribution is -2.47. The van der Waals surface area contributed by atoms with Crippen LogP contribution in [0.15, 0.2) is 103 Å². The van der Waals surface area contributed by atoms with Crippen LogP contribution >= 0.6 is 0 Å². The number of alkyl halides is 3. The van der Waals surface area contributed by atoms with Crippen molar-refractivity contribution < 1.29 is 32.2 Å². The third kappa shape index (κ3) is 6.17. The molecule has 4 aromatic rings. The summed E-state index contributed by atoms with van der Waals surface area (Å²) >= 11 is 0. The fourth-order valence-electron chi connectivity index (χ4n) is 3.46. The highest BCUT2D eigenvalue weighted by Crippen LogP contribution is 2.37. The van der Waals surface area contributed by atoms with Crippen LogP contribution in [0.3, 0.4) is 0 Å². The molecule has 0 atom stereocenters. The number of aromatic nitrogens is 1. The first-order valence-electron chi connectivity index (χ1n) is 11.0. The van der Waals surface area contributed by atoms with E-state index in [9.17, 15) is 27.6 Å². The van der Waals surface area contributed by atoms with Crippen LogP contribution in [0.1, 0.15) is 36.6 Å². The van der Waals surface area contributed by atoms with Crippen LogP contribution in [-0.4, -0.2) is 17.7 Å². The van der Waals surface area contributed by atoms with Gasteiger partial charge in [0, 0.05) is 23.3 Å². The topological polar surface area (TPSA) is 91.2 Å². The molecule has 0 fully saturated rings. The minimum absolute atomic E-state index is 0.165. The van der Waals surface area contributed by atoms with Gasteiger partial charge in [-0.15, -0.1) is 5.43 Å². The number of pyridine rings is 1. The molecular formula is C27H20F3N4O3+. The van der Waals surface area contributed by atoms with Crippen molar-refractivity contribution >= 4 is 29.1 Å². The van der Waals surface area contributed by atoms with Gasteiger partial charge in [0.2, 0.25) is 0 Å². The Morgan fingerprint density at radius 3 is 1.49 bits per heavy atom. The average molecular weight is 505 g/mol. The molecule has 3 amide bonds. The minimum Gasteiger partial charge on any atom is -0.321 e. The first-order valence-corrected chi connectivity index (χ1v) is 11.0. The first kappa shape index (κ1) is 25.1. The van der Waals surface area contributed by atoms with E-state index >= 15 is 0 Å². The van der Waals surface area contributed by atoms with Crippen molar-refractivity contribution in [2.24, 2.45) is 0 Å². The molecule has 1 aromatic heterocycles. The number of hydrogen-bond acceptors (Lipinski definition) is 3. The lowest BCUT2D eigenvalue weighted by Gasteiger charge is -2.18. The van der Waals surface area contributed by atoms with E-state index in [1.807, 2.05) is 0 Å². The van der Waals surface area contributed by atoms with Gasteiger partial charge in [-0.05, 0) is 36.4 Å². The number of rotatable bonds is 6. The van der Waals surface area contributed by atoms with Gasteiger partial charge in [-0.1, -0.05) is 47.1 Å². The number of nitrogens with one attached hydrogen (secondary N) is 3. The molecule has 0 aliphatic rings. The summed E-state index contributed by atoms with van der Waals surface area (Å²) in [6.07, 6.45) is -1.82. The molecule has 7 nitrogen and oxygen atoms in total. The maximum Gasteiger partial charge on any atom is 0.416 e. The molecule has 0 aliphatic carbocycles. The molecule has 3 aromatic carbocycles. The Morgan fingerprint density at radius 1 is 0.622 bits per heavy atom. The Bertz CT molecular complexity index is 1350. The van der Waals surface area contributed by atoms with Crippen LogP contribution in [0, 0.1) is 0 Å². The molecule has 0 unspecified atom stereocenters. The molecular weight excluding hydrogens is 485 g/mol. The Hall–Kier alpha value is -4.99. The average Bonchev–Trinajstić information content (AvgIpc) is 2.89. The van der Waals surface area contributed by atoms with E-state index in [-0.39, 0.29) is 16.7 Å². The maximum absolute atomic E-state index is 13.8. The second kappa shape index (κ2) is 10.7. The van der Waals surface area contributed by atoms with Gasteiger partial charge < -0.3 is 10.6 Å². The summed E-state index contributed by atoms with van der Waals surface area (Å²) in [7, 11) is 0. The van der Waals surface area contributed by atoms with Gasteiger partial charge in [0.1, 0.15) is 0 Å². The Labute approximate surface area is 209 Å². The van der Waals surface area contributed by atoms with Crippen molar-refractivity contribution in [2.75, 3.05) is 16.1 Å². The second-order valence-electron chi connectivity index (χ2n) is 7.81. The quantitative estimate of drug-likeness (QED) is 0.326. The maximum atomic E-state index is 13.8. The summed E-state index contributed by atoms with van der Waals surface area (Å²) in [5, 5.41) is 4.80. The number of nitrogens with zero attached hydrogens (tertiary/aromatic N) is 1. The fourth-order valence-corrected chi connectivity index (χ4v) is 3.46. The molecule has 4 rings (SSSR count). The van der Waals surface area contributed by atoms with Crippen molar-refractivity contribution in [1.29, 1.82) is 0 Å². The van der Waals surface area contributed by atoms with Crippen LogP contribution in [0.4, 0.5) is 24.5 Å². The number of halogens is 3. The zero-order valence-corrected chi connectivity index (χ0v) is 19.1. The summed E-state index contributed by atoms with van der Waals surface area (Å²) < 4.78 is 42.7. The van der Waals surface area contributed by atoms with E-state index in [0.717, 1.165) is 0 Å². The summed E-state index contributed by atoms with van der Waals surface area (Å²) in [5.74, 6) is -2.33. The Balaban J connectivity index is 1.83. The molecule has 0 saturated heterocycles. The normalized spacial score (nSPS) is 10.9. The number of hydrogen-bond donors (Lipinski definition) is 3. The van der Waals surface area contributed by atoms with Crippen LogP contribution in [0.25, 0.3) is 0 Å². The van der Waals surface area contributed by atoms with Crippen molar-refractivity contribution in [2.45, 2.75) is 6.18 Å². The third-order valence-electron chi connectivity index (χ3n) is 5.21. The minimum atomic E-state index is -4.83. The Kier molecular flexibility index (Phi) is 7.28. The van der Waals surface area contributed by atoms with Gasteiger partial charge in [-0.2, -0.15) is 13.2 Å². The lowest BCUT2D eigenvalue weighted by molar-refractivity contribution is -0.641. The Morgan fingerprint density at radius 2 is 1.05 bits per heavy atom. The molecule has 0 saturated carbocycles. The molecule has 0 bridgehead atoms. The molecule has 37 heavy (non-hydrogen) atoms. The molecule has 186 valence electrons. The number of benzene rings is 3. The smallest absolute Gasteiger partial charge is 0.321 e. The van der Waals surface area contributed by atoms with Crippen molar-refractivity contribution in [1.82, 2.24) is 0 Å². The number of carbonyl (C=O) groups is 3. The van der Waals surface area contributed by atoms with E-state index in [4.69, 9.17) is 0 Å². The molecule has 0 aliphatic heterocycles. The number of carbonyl (C=O) groups excluding carboxylic acids is 3. The molecule has 0 spiro atoms. The molecule has 1 heterocycles. The van der Waals surface area contributed by atoms with Gasteiger partial charge >= 0.3 is 12.1 Å². The van der Waals surface area contributed by atoms with Crippen molar-refractivity contribution in [3.8, 4) is 0 Å². The number of amides is 3. The standard InChI is InChI=1S/C27H19F3N4O3/c28-27(29,30)20-16-21(31-24(35)18-10-4-1-5-11-18)23(26(37)33-34-14-8-3-9-15-34)22(17-20)32-25(36)19-12-6-2-7-13-19/h1-17H,(H2-,31,32,33,35,36,37)/p+1. The summed E-state index contributed by atoms with van der Waals surface area (Å²) in [6, 6.07) is 21.9. The zero-order chi connectivity index (χ0) is 26.4. The van der Waals surface area contributed by atoms with E-state index in [2.05, 4.69) is 16.1 Å². The monoisotopic (exact) mass is 505 g/mol. The first-order chi connectivity index (χ1) is 17.7. The molecule has 3 N–H and O–H groups in total. The van der Waals surface area contributed by atoms with Crippen LogP contribution in [0.2, 0.25) is 0 Å². The van der Waals surface area contributed by atoms with E-state index < -0.39 is 40.8 Å². The van der Waals surface area contributed by atoms with Gasteiger partial charge in [0.15, 0.2) is 12.4 Å². The highest BCUT2D eigenvalue weighted by Gasteiger charge is 2.34. The highest BCUT2D eigenvalue weighted by molar-refractivity contribution is 6.16. The lowest BCUT2D eigenvalue weighted by atomic mass is 10.0. The van der Waals surface area contributed by atoms with Gasteiger partial charge in [0.25, 0.3) is 11.8 Å². The van der Waals surface area contributed by atoms with Crippen LogP contribution in [-0.2, 0) is 6.18 Å². The molecule has 10 heteroatoms. The van der Waals surface area contributed by atoms with Crippen molar-refractivity contribution in [3.05, 3.63) is 126 Å². The highest BCUT2D eigenvalue weighted by atomic mass is 19.4. The van der Waals surface area contributed by atoms with Gasteiger partial charge in [-0.3, -0.25) is 14.4 Å². The van der Waals surface area contributed by atoms with E-state index in [0.29, 0.717) is 12.1 Å². The SMILES string of the molecule is O=C(Nc1cc(C(F)(F)F)cc(NC(=O)c2ccccc2)c1C(=O)N[n+]1ccccc1)c1ccccc1. The van der Waals surface area contributed by atoms with E-state index in [1.54, 1.807) is 54.6 Å². The third-order valence-corrected chi connectivity index (χ3v) is 5.21. The van der Waals surface area contributed by atoms with Crippen LogP contribution in [0.5, 0.6) is 0 Å². The fraction of sp³-hybridized carbons (Fsp3) is 0.0370. The predicted molar refractivity (Wildman–Crippen MR) is 131 cm³/mol. The second-order valence-corrected chi connectivity index (χ2v) is 7.81. The largest absolute Gasteiger partial charge is 0.416 e. The summed E-state index contributed by atoms with van der Waals surface area (Å²) in [6.45, 7) is 0. The zero-order valence-electron chi connectivity index (χ0n) is 19.1. The predicted octanol–water partition coefficient (Wildman–Crippen LogP) is 4.88. The van der Waals surface area contributed by atoms with E-state index in [1.165, 1.54) is 41.3 Å². The van der Waals surface area contributed by atoms with Gasteiger partial charge in [0.05, 0.1) is 22.5 Å². The van der Waals surface area contributed by atoms with Crippen molar-refractivity contribution in [3.63, 3.8) is 0 Å².